The van der Waals surface area contributed by atoms with Gasteiger partial charge < -0.3 is 9.84 Å². The zero-order chi connectivity index (χ0) is 11.0. The van der Waals surface area contributed by atoms with Gasteiger partial charge in [-0.25, -0.2) is 9.59 Å². The van der Waals surface area contributed by atoms with E-state index in [0.717, 1.165) is 0 Å². The van der Waals surface area contributed by atoms with E-state index in [-0.39, 0.29) is 11.7 Å². The molecule has 1 N–H and O–H groups in total. The fourth-order valence-electron chi connectivity index (χ4n) is 1.77. The molecule has 4 nitrogen and oxygen atoms in total. The van der Waals surface area contributed by atoms with Gasteiger partial charge in [-0.1, -0.05) is 6.07 Å². The van der Waals surface area contributed by atoms with Crippen molar-refractivity contribution in [2.24, 2.45) is 0 Å². The van der Waals surface area contributed by atoms with E-state index < -0.39 is 11.9 Å². The van der Waals surface area contributed by atoms with Gasteiger partial charge >= 0.3 is 11.9 Å². The molecule has 78 valence electrons. The molecule has 1 atom stereocenters. The quantitative estimate of drug-likeness (QED) is 0.707. The van der Waals surface area contributed by atoms with Crippen molar-refractivity contribution in [1.29, 1.82) is 0 Å². The van der Waals surface area contributed by atoms with Crippen LogP contribution in [0, 0.1) is 0 Å². The van der Waals surface area contributed by atoms with Gasteiger partial charge in [-0.05, 0) is 24.6 Å². The van der Waals surface area contributed by atoms with Crippen molar-refractivity contribution in [3.63, 3.8) is 0 Å². The number of ether oxygens (including phenoxy) is 1. The summed E-state index contributed by atoms with van der Waals surface area (Å²) in [5.41, 5.74) is 1.14. The van der Waals surface area contributed by atoms with E-state index in [2.05, 4.69) is 0 Å². The number of carboxylic acid groups (broad SMARTS) is 1. The molecule has 0 radical (unpaired) electrons. The lowest BCUT2D eigenvalue weighted by Gasteiger charge is -2.22. The van der Waals surface area contributed by atoms with Crippen LogP contribution in [0.4, 0.5) is 0 Å². The fraction of sp³-hybridized carbons (Fsp3) is 0.273. The van der Waals surface area contributed by atoms with Crippen molar-refractivity contribution in [2.75, 3.05) is 0 Å². The van der Waals surface area contributed by atoms with E-state index in [1.807, 2.05) is 0 Å². The molecule has 0 fully saturated rings. The normalized spacial score (nSPS) is 19.3. The second-order valence-electron chi connectivity index (χ2n) is 3.56. The molecule has 1 aromatic carbocycles. The number of carbonyl (C=O) groups excluding carboxylic acids is 1. The number of carboxylic acids is 1. The van der Waals surface area contributed by atoms with Gasteiger partial charge in [0.15, 0.2) is 0 Å². The number of benzene rings is 1. The molecule has 15 heavy (non-hydrogen) atoms. The zero-order valence-electron chi connectivity index (χ0n) is 8.19. The number of fused-ring (bicyclic) bond motifs is 1. The molecule has 0 aromatic heterocycles. The third kappa shape index (κ3) is 1.58. The molecule has 1 unspecified atom stereocenters. The number of cyclic esters (lactones) is 1. The van der Waals surface area contributed by atoms with Gasteiger partial charge in [-0.15, -0.1) is 0 Å². The average Bonchev–Trinajstić information content (AvgIpc) is 2.16. The van der Waals surface area contributed by atoms with E-state index >= 15 is 0 Å². The van der Waals surface area contributed by atoms with Crippen LogP contribution in [0.5, 0.6) is 0 Å². The lowest BCUT2D eigenvalue weighted by atomic mass is 9.94. The Kier molecular flexibility index (Phi) is 2.19. The lowest BCUT2D eigenvalue weighted by molar-refractivity contribution is 0.0300. The second kappa shape index (κ2) is 3.38. The number of hydrogen-bond acceptors (Lipinski definition) is 3. The number of aromatic carboxylic acids is 1. The minimum atomic E-state index is -1.01. The first-order valence-corrected chi connectivity index (χ1v) is 4.65. The van der Waals surface area contributed by atoms with E-state index in [1.54, 1.807) is 19.1 Å². The van der Waals surface area contributed by atoms with Gasteiger partial charge in [0.05, 0.1) is 11.1 Å². The highest BCUT2D eigenvalue weighted by Gasteiger charge is 2.27. The summed E-state index contributed by atoms with van der Waals surface area (Å²) in [6.45, 7) is 1.75. The van der Waals surface area contributed by atoms with Crippen LogP contribution in [0.1, 0.15) is 33.2 Å². The molecule has 1 aliphatic rings. The number of rotatable bonds is 1. The summed E-state index contributed by atoms with van der Waals surface area (Å²) in [6.07, 6.45) is 0.203. The van der Waals surface area contributed by atoms with E-state index in [1.165, 1.54) is 6.07 Å². The smallest absolute Gasteiger partial charge is 0.338 e. The Hall–Kier alpha value is -1.84. The van der Waals surface area contributed by atoms with Crippen LogP contribution < -0.4 is 0 Å². The molecule has 2 rings (SSSR count). The van der Waals surface area contributed by atoms with Gasteiger partial charge in [0.1, 0.15) is 6.10 Å². The van der Waals surface area contributed by atoms with Crippen LogP contribution in [0.2, 0.25) is 0 Å². The Balaban J connectivity index is 2.59. The summed E-state index contributed by atoms with van der Waals surface area (Å²) in [4.78, 5) is 22.4. The predicted octanol–water partition coefficient (Wildman–Crippen LogP) is 1.49. The summed E-state index contributed by atoms with van der Waals surface area (Å²) in [7, 11) is 0. The van der Waals surface area contributed by atoms with Crippen molar-refractivity contribution < 1.29 is 19.4 Å². The standard InChI is InChI=1S/C11H10O4/c1-6-5-9-7(10(12)13)3-2-4-8(9)11(14)15-6/h2-4,6H,5H2,1H3,(H,12,13). The molecule has 1 heterocycles. The second-order valence-corrected chi connectivity index (χ2v) is 3.56. The molecule has 0 amide bonds. The third-order valence-electron chi connectivity index (χ3n) is 2.43. The van der Waals surface area contributed by atoms with E-state index in [9.17, 15) is 9.59 Å². The highest BCUT2D eigenvalue weighted by Crippen LogP contribution is 2.23. The molecule has 1 aromatic rings. The maximum Gasteiger partial charge on any atom is 0.338 e. The summed E-state index contributed by atoms with van der Waals surface area (Å²) in [5, 5.41) is 8.96. The summed E-state index contributed by atoms with van der Waals surface area (Å²) in [5.74, 6) is -1.44. The zero-order valence-corrected chi connectivity index (χ0v) is 8.19. The maximum atomic E-state index is 11.5. The molecule has 0 spiro atoms. The molecule has 0 aliphatic carbocycles. The molecular formula is C11H10O4. The van der Waals surface area contributed by atoms with Crippen molar-refractivity contribution in [2.45, 2.75) is 19.4 Å². The van der Waals surface area contributed by atoms with Gasteiger partial charge in [-0.2, -0.15) is 0 Å². The molecule has 4 heteroatoms. The van der Waals surface area contributed by atoms with Crippen LogP contribution in [0.15, 0.2) is 18.2 Å². The minimum absolute atomic E-state index is 0.191. The van der Waals surface area contributed by atoms with Gasteiger partial charge in [0.25, 0.3) is 0 Å². The van der Waals surface area contributed by atoms with Crippen molar-refractivity contribution in [3.8, 4) is 0 Å². The number of hydrogen-bond donors (Lipinski definition) is 1. The molecule has 0 saturated heterocycles. The van der Waals surface area contributed by atoms with E-state index in [4.69, 9.17) is 9.84 Å². The Morgan fingerprint density at radius 3 is 2.93 bits per heavy atom. The average molecular weight is 206 g/mol. The van der Waals surface area contributed by atoms with Gasteiger partial charge in [-0.3, -0.25) is 0 Å². The first kappa shape index (κ1) is 9.71. The van der Waals surface area contributed by atoms with E-state index in [0.29, 0.717) is 17.5 Å². The van der Waals surface area contributed by atoms with Gasteiger partial charge in [0, 0.05) is 6.42 Å². The Labute approximate surface area is 86.5 Å². The van der Waals surface area contributed by atoms with Crippen LogP contribution in [0.25, 0.3) is 0 Å². The predicted molar refractivity (Wildman–Crippen MR) is 52.0 cm³/mol. The molecule has 0 bridgehead atoms. The topological polar surface area (TPSA) is 63.6 Å². The number of esters is 1. The first-order valence-electron chi connectivity index (χ1n) is 4.65. The Morgan fingerprint density at radius 2 is 2.27 bits per heavy atom. The maximum absolute atomic E-state index is 11.5. The fourth-order valence-corrected chi connectivity index (χ4v) is 1.77. The van der Waals surface area contributed by atoms with Crippen molar-refractivity contribution in [3.05, 3.63) is 34.9 Å². The molecule has 0 saturated carbocycles. The third-order valence-corrected chi connectivity index (χ3v) is 2.43. The Morgan fingerprint density at radius 1 is 1.53 bits per heavy atom. The molecule has 1 aliphatic heterocycles. The van der Waals surface area contributed by atoms with Crippen LogP contribution in [-0.4, -0.2) is 23.1 Å². The van der Waals surface area contributed by atoms with Crippen molar-refractivity contribution in [1.82, 2.24) is 0 Å². The highest BCUT2D eigenvalue weighted by molar-refractivity contribution is 5.98. The lowest BCUT2D eigenvalue weighted by Crippen LogP contribution is -2.26. The summed E-state index contributed by atoms with van der Waals surface area (Å²) < 4.78 is 5.02. The van der Waals surface area contributed by atoms with Gasteiger partial charge in [0.2, 0.25) is 0 Å². The van der Waals surface area contributed by atoms with Crippen LogP contribution >= 0.6 is 0 Å². The first-order chi connectivity index (χ1) is 7.09. The Bertz CT molecular complexity index is 422. The molecular weight excluding hydrogens is 196 g/mol. The summed E-state index contributed by atoms with van der Waals surface area (Å²) >= 11 is 0. The minimum Gasteiger partial charge on any atom is -0.478 e. The SMILES string of the molecule is CC1Cc2c(C(=O)O)cccc2C(=O)O1. The van der Waals surface area contributed by atoms with Crippen LogP contribution in [-0.2, 0) is 11.2 Å². The summed E-state index contributed by atoms with van der Waals surface area (Å²) in [6, 6.07) is 4.65. The van der Waals surface area contributed by atoms with Crippen LogP contribution in [0.3, 0.4) is 0 Å². The van der Waals surface area contributed by atoms with Crippen molar-refractivity contribution >= 4 is 11.9 Å². The highest BCUT2D eigenvalue weighted by atomic mass is 16.5. The number of carbonyl (C=O) groups is 2. The monoisotopic (exact) mass is 206 g/mol. The largest absolute Gasteiger partial charge is 0.478 e.